The van der Waals surface area contributed by atoms with Gasteiger partial charge in [-0.3, -0.25) is 0 Å². The van der Waals surface area contributed by atoms with Crippen molar-refractivity contribution in [2.45, 2.75) is 13.8 Å². The first-order chi connectivity index (χ1) is 7.83. The van der Waals surface area contributed by atoms with Gasteiger partial charge < -0.3 is 14.3 Å². The summed E-state index contributed by atoms with van der Waals surface area (Å²) in [7, 11) is -1.36. The Labute approximate surface area is 98.7 Å². The Bertz CT molecular complexity index is 335. The van der Waals surface area contributed by atoms with Crippen LogP contribution in [-0.2, 0) is 9.47 Å². The minimum Gasteiger partial charge on any atom is -0.497 e. The predicted octanol–water partition coefficient (Wildman–Crippen LogP) is 1.46. The lowest BCUT2D eigenvalue weighted by molar-refractivity contribution is 0.222. The summed E-state index contributed by atoms with van der Waals surface area (Å²) in [5.74, 6) is 0.680. The van der Waals surface area contributed by atoms with Crippen LogP contribution in [0.25, 0.3) is 5.76 Å². The molecular weight excluding hydrogens is 220 g/mol. The summed E-state index contributed by atoms with van der Waals surface area (Å²) < 4.78 is 11.0. The third-order valence-corrected chi connectivity index (χ3v) is 2.85. The summed E-state index contributed by atoms with van der Waals surface area (Å²) in [6.45, 7) is 4.94. The van der Waals surface area contributed by atoms with Crippen molar-refractivity contribution in [2.24, 2.45) is 0 Å². The first-order valence-corrected chi connectivity index (χ1v) is 6.82. The van der Waals surface area contributed by atoms with Gasteiger partial charge in [0.15, 0.2) is 5.76 Å². The van der Waals surface area contributed by atoms with E-state index in [9.17, 15) is 4.80 Å². The highest BCUT2D eigenvalue weighted by molar-refractivity contribution is 6.37. The number of rotatable bonds is 6. The summed E-state index contributed by atoms with van der Waals surface area (Å²) >= 11 is 0. The molecule has 1 aromatic carbocycles. The lowest BCUT2D eigenvalue weighted by Crippen LogP contribution is -2.07. The average molecular weight is 238 g/mol. The lowest BCUT2D eigenvalue weighted by atomic mass is 10.2. The third kappa shape index (κ3) is 3.39. The molecule has 0 fully saturated rings. The maximum atomic E-state index is 9.39. The van der Waals surface area contributed by atoms with Crippen LogP contribution in [0.5, 0.6) is 0 Å². The fourth-order valence-electron chi connectivity index (χ4n) is 1.42. The molecule has 1 N–H and O–H groups in total. The second kappa shape index (κ2) is 7.08. The zero-order valence-electron chi connectivity index (χ0n) is 9.77. The molecule has 0 aliphatic heterocycles. The maximum absolute atomic E-state index is 9.39. The van der Waals surface area contributed by atoms with E-state index >= 15 is 0 Å². The van der Waals surface area contributed by atoms with Gasteiger partial charge in [0, 0.05) is 5.56 Å². The molecule has 0 amide bonds. The maximum Gasteiger partial charge on any atom is 0.233 e. The highest BCUT2D eigenvalue weighted by Gasteiger charge is 2.11. The molecule has 88 valence electrons. The van der Waals surface area contributed by atoms with Crippen molar-refractivity contribution in [2.75, 3.05) is 13.2 Å². The summed E-state index contributed by atoms with van der Waals surface area (Å²) in [6, 6.07) is 9.74. The summed E-state index contributed by atoms with van der Waals surface area (Å²) in [5.41, 5.74) is 0.953. The molecule has 0 saturated carbocycles. The molecule has 1 aromatic rings. The number of hydrogen-bond donors (Lipinski definition) is 1. The lowest BCUT2D eigenvalue weighted by Gasteiger charge is -2.14. The van der Waals surface area contributed by atoms with Gasteiger partial charge in [-0.2, -0.15) is 0 Å². The van der Waals surface area contributed by atoms with Gasteiger partial charge in [-0.05, 0) is 13.8 Å². The van der Waals surface area contributed by atoms with Gasteiger partial charge in [0.2, 0.25) is 9.76 Å². The molecule has 0 saturated heterocycles. The monoisotopic (exact) mass is 238 g/mol. The van der Waals surface area contributed by atoms with Crippen molar-refractivity contribution >= 4 is 15.5 Å². The van der Waals surface area contributed by atoms with Crippen LogP contribution in [-0.4, -0.2) is 27.8 Å². The zero-order valence-corrected chi connectivity index (χ0v) is 11.2. The molecule has 0 heterocycles. The Morgan fingerprint density at radius 2 is 1.75 bits per heavy atom. The fraction of sp³-hybridized carbons (Fsp3) is 0.333. The molecule has 0 atom stereocenters. The van der Waals surface area contributed by atoms with Crippen molar-refractivity contribution in [3.63, 3.8) is 0 Å². The standard InChI is InChI=1S/C12H18O3Si/c1-3-14-11(12(16-13)15-4-2)10-8-6-5-7-9-10/h5-9,13H,3-4,16H2,1-2H3. The van der Waals surface area contributed by atoms with Gasteiger partial charge in [-0.1, -0.05) is 30.3 Å². The van der Waals surface area contributed by atoms with E-state index in [-0.39, 0.29) is 0 Å². The van der Waals surface area contributed by atoms with Crippen LogP contribution in [0.15, 0.2) is 35.7 Å². The number of hydrogen-bond acceptors (Lipinski definition) is 3. The molecule has 0 aliphatic carbocycles. The Morgan fingerprint density at radius 3 is 2.25 bits per heavy atom. The van der Waals surface area contributed by atoms with Gasteiger partial charge in [0.25, 0.3) is 0 Å². The first kappa shape index (κ1) is 12.8. The SMILES string of the molecule is CCOC([SiH2]O)=C(OCC)c1ccccc1. The molecule has 1 rings (SSSR count). The summed E-state index contributed by atoms with van der Waals surface area (Å²) in [5, 5.41) is 0.621. The molecule has 0 spiro atoms. The molecule has 0 bridgehead atoms. The predicted molar refractivity (Wildman–Crippen MR) is 67.4 cm³/mol. The first-order valence-electron chi connectivity index (χ1n) is 5.48. The molecule has 0 aromatic heterocycles. The minimum absolute atomic E-state index is 0.548. The van der Waals surface area contributed by atoms with E-state index in [4.69, 9.17) is 9.47 Å². The smallest absolute Gasteiger partial charge is 0.233 e. The van der Waals surface area contributed by atoms with E-state index in [0.29, 0.717) is 24.4 Å². The van der Waals surface area contributed by atoms with Gasteiger partial charge in [0.1, 0.15) is 5.38 Å². The Balaban J connectivity index is 3.05. The average Bonchev–Trinajstić information content (AvgIpc) is 2.35. The molecule has 16 heavy (non-hydrogen) atoms. The van der Waals surface area contributed by atoms with Gasteiger partial charge in [-0.25, -0.2) is 0 Å². The van der Waals surface area contributed by atoms with E-state index < -0.39 is 9.76 Å². The van der Waals surface area contributed by atoms with E-state index in [1.807, 2.05) is 44.2 Å². The van der Waals surface area contributed by atoms with E-state index in [1.165, 1.54) is 0 Å². The topological polar surface area (TPSA) is 38.7 Å². The molecule has 0 unspecified atom stereocenters. The fourth-order valence-corrected chi connectivity index (χ4v) is 2.16. The normalized spacial score (nSPS) is 12.7. The molecule has 0 aliphatic rings. The second-order valence-electron chi connectivity index (χ2n) is 3.14. The summed E-state index contributed by atoms with van der Waals surface area (Å²) in [6.07, 6.45) is 0. The van der Waals surface area contributed by atoms with Crippen LogP contribution in [0.4, 0.5) is 0 Å². The van der Waals surface area contributed by atoms with Crippen molar-refractivity contribution in [3.05, 3.63) is 41.3 Å². The van der Waals surface area contributed by atoms with Gasteiger partial charge in [0.05, 0.1) is 13.2 Å². The van der Waals surface area contributed by atoms with E-state index in [2.05, 4.69) is 0 Å². The summed E-state index contributed by atoms with van der Waals surface area (Å²) in [4.78, 5) is 9.39. The molecular formula is C12H18O3Si. The zero-order chi connectivity index (χ0) is 11.8. The Morgan fingerprint density at radius 1 is 1.12 bits per heavy atom. The molecule has 3 nitrogen and oxygen atoms in total. The molecule has 4 heteroatoms. The van der Waals surface area contributed by atoms with Crippen molar-refractivity contribution < 1.29 is 14.3 Å². The molecule has 0 radical (unpaired) electrons. The van der Waals surface area contributed by atoms with E-state index in [1.54, 1.807) is 0 Å². The third-order valence-electron chi connectivity index (χ3n) is 2.04. The van der Waals surface area contributed by atoms with Crippen LogP contribution < -0.4 is 0 Å². The van der Waals surface area contributed by atoms with Crippen LogP contribution in [0.2, 0.25) is 0 Å². The largest absolute Gasteiger partial charge is 0.497 e. The quantitative estimate of drug-likeness (QED) is 0.602. The minimum atomic E-state index is -1.36. The van der Waals surface area contributed by atoms with Gasteiger partial charge in [-0.15, -0.1) is 0 Å². The highest BCUT2D eigenvalue weighted by Crippen LogP contribution is 2.20. The number of ether oxygens (including phenoxy) is 2. The van der Waals surface area contributed by atoms with Crippen molar-refractivity contribution in [1.82, 2.24) is 0 Å². The van der Waals surface area contributed by atoms with Crippen LogP contribution in [0, 0.1) is 0 Å². The van der Waals surface area contributed by atoms with Crippen LogP contribution in [0.3, 0.4) is 0 Å². The Kier molecular flexibility index (Phi) is 5.67. The Hall–Kier alpha value is -1.26. The van der Waals surface area contributed by atoms with Crippen LogP contribution in [0.1, 0.15) is 19.4 Å². The van der Waals surface area contributed by atoms with Crippen LogP contribution >= 0.6 is 0 Å². The number of benzene rings is 1. The second-order valence-corrected chi connectivity index (χ2v) is 4.10. The van der Waals surface area contributed by atoms with Gasteiger partial charge >= 0.3 is 0 Å². The van der Waals surface area contributed by atoms with Crippen molar-refractivity contribution in [1.29, 1.82) is 0 Å². The van der Waals surface area contributed by atoms with E-state index in [0.717, 1.165) is 5.56 Å². The highest BCUT2D eigenvalue weighted by atomic mass is 28.2. The van der Waals surface area contributed by atoms with Crippen molar-refractivity contribution in [3.8, 4) is 0 Å².